The number of hydrogen-bond acceptors (Lipinski definition) is 5. The minimum absolute atomic E-state index is 0.0403. The zero-order valence-electron chi connectivity index (χ0n) is 19.5. The minimum Gasteiger partial charge on any atom is -0.444 e. The fourth-order valence-corrected chi connectivity index (χ4v) is 3.08. The van der Waals surface area contributed by atoms with Gasteiger partial charge in [-0.25, -0.2) is 14.4 Å². The van der Waals surface area contributed by atoms with Gasteiger partial charge >= 0.3 is 12.2 Å². The summed E-state index contributed by atoms with van der Waals surface area (Å²) in [5, 5.41) is 5.64. The van der Waals surface area contributed by atoms with E-state index in [4.69, 9.17) is 20.8 Å². The van der Waals surface area contributed by atoms with Crippen LogP contribution in [0, 0.1) is 6.57 Å². The highest BCUT2D eigenvalue weighted by Crippen LogP contribution is 2.26. The summed E-state index contributed by atoms with van der Waals surface area (Å²) in [5.74, 6) is 0. The lowest BCUT2D eigenvalue weighted by molar-refractivity contribution is -0.0239. The third-order valence-electron chi connectivity index (χ3n) is 4.36. The van der Waals surface area contributed by atoms with Crippen molar-refractivity contribution in [3.63, 3.8) is 0 Å². The van der Waals surface area contributed by atoms with Crippen molar-refractivity contribution in [2.24, 2.45) is 0 Å². The van der Waals surface area contributed by atoms with Crippen molar-refractivity contribution in [3.05, 3.63) is 23.2 Å². The molecule has 8 nitrogen and oxygen atoms in total. The number of alkyl carbamates (subject to hydrolysis) is 2. The first-order valence-corrected chi connectivity index (χ1v) is 10.5. The molecular weight excluding hydrogens is 386 g/mol. The number of rotatable bonds is 6. The highest BCUT2D eigenvalue weighted by atomic mass is 16.6. The topological polar surface area (TPSA) is 90.3 Å². The van der Waals surface area contributed by atoms with Crippen molar-refractivity contribution < 1.29 is 23.8 Å². The molecular formula is C22H37N3O5. The molecule has 0 bridgehead atoms. The summed E-state index contributed by atoms with van der Waals surface area (Å²) >= 11 is 0. The van der Waals surface area contributed by atoms with Crippen LogP contribution in [0.15, 0.2) is 11.8 Å². The van der Waals surface area contributed by atoms with E-state index in [0.717, 1.165) is 12.8 Å². The first kappa shape index (κ1) is 25.8. The van der Waals surface area contributed by atoms with E-state index >= 15 is 0 Å². The van der Waals surface area contributed by atoms with E-state index in [9.17, 15) is 9.59 Å². The summed E-state index contributed by atoms with van der Waals surface area (Å²) in [7, 11) is 0. The van der Waals surface area contributed by atoms with Gasteiger partial charge in [-0.2, -0.15) is 0 Å². The molecule has 0 radical (unpaired) electrons. The number of hydrogen-bond donors (Lipinski definition) is 2. The number of carbonyl (C=O) groups excluding carboxylic acids is 2. The number of ether oxygens (including phenoxy) is 3. The van der Waals surface area contributed by atoms with Gasteiger partial charge in [0.25, 0.3) is 0 Å². The minimum atomic E-state index is -0.671. The van der Waals surface area contributed by atoms with Gasteiger partial charge in [0.1, 0.15) is 11.2 Å². The van der Waals surface area contributed by atoms with Gasteiger partial charge in [-0.3, -0.25) is 0 Å². The van der Waals surface area contributed by atoms with E-state index in [2.05, 4.69) is 15.5 Å². The maximum atomic E-state index is 12.5. The molecule has 1 aliphatic rings. The highest BCUT2D eigenvalue weighted by Gasteiger charge is 2.38. The maximum Gasteiger partial charge on any atom is 0.408 e. The molecule has 0 spiro atoms. The molecule has 3 atom stereocenters. The van der Waals surface area contributed by atoms with Gasteiger partial charge < -0.3 is 24.8 Å². The quantitative estimate of drug-likeness (QED) is 0.612. The molecule has 8 heteroatoms. The summed E-state index contributed by atoms with van der Waals surface area (Å²) in [6, 6.07) is -1.20. The van der Waals surface area contributed by atoms with Crippen molar-refractivity contribution in [2.75, 3.05) is 0 Å². The second kappa shape index (κ2) is 10.7. The lowest BCUT2D eigenvalue weighted by Gasteiger charge is -2.38. The Morgan fingerprint density at radius 3 is 2.00 bits per heavy atom. The lowest BCUT2D eigenvalue weighted by atomic mass is 9.91. The van der Waals surface area contributed by atoms with Gasteiger partial charge in [0.05, 0.1) is 30.9 Å². The summed E-state index contributed by atoms with van der Waals surface area (Å²) in [4.78, 5) is 28.5. The third kappa shape index (κ3) is 9.04. The molecule has 1 aliphatic carbocycles. The normalized spacial score (nSPS) is 22.0. The van der Waals surface area contributed by atoms with Crippen LogP contribution in [-0.2, 0) is 14.2 Å². The van der Waals surface area contributed by atoms with Crippen LogP contribution in [-0.4, -0.2) is 47.7 Å². The van der Waals surface area contributed by atoms with Crippen LogP contribution in [0.3, 0.4) is 0 Å². The van der Waals surface area contributed by atoms with Crippen molar-refractivity contribution >= 4 is 12.2 Å². The van der Waals surface area contributed by atoms with E-state index in [1.807, 2.05) is 13.8 Å². The van der Waals surface area contributed by atoms with Crippen LogP contribution < -0.4 is 10.6 Å². The van der Waals surface area contributed by atoms with Gasteiger partial charge in [-0.1, -0.05) is 19.9 Å². The Bertz CT molecular complexity index is 666. The predicted molar refractivity (Wildman–Crippen MR) is 115 cm³/mol. The Kier molecular flexibility index (Phi) is 9.16. The van der Waals surface area contributed by atoms with Gasteiger partial charge in [0.15, 0.2) is 5.70 Å². The maximum absolute atomic E-state index is 12.5. The van der Waals surface area contributed by atoms with Crippen molar-refractivity contribution in [3.8, 4) is 0 Å². The van der Waals surface area contributed by atoms with E-state index in [-0.39, 0.29) is 12.5 Å². The molecule has 0 saturated carbocycles. The second-order valence-electron chi connectivity index (χ2n) is 9.44. The Balaban J connectivity index is 3.16. The summed E-state index contributed by atoms with van der Waals surface area (Å²) in [6.07, 6.45) is 1.71. The molecule has 2 amide bonds. The molecule has 170 valence electrons. The standard InChI is InChI=1S/C22H37N3O5/c1-10-15(11-2)28-17-13-14(23-9)12-16(24-19(26)29-21(3,4)5)18(17)25-20(27)30-22(6,7)8/h13,15-18H,10-12H2,1-8H3,(H,24,26)(H,25,27)/t16-,17+,18+/m0/s1. The molecule has 0 saturated heterocycles. The summed E-state index contributed by atoms with van der Waals surface area (Å²) in [6.45, 7) is 22.1. The number of carbonyl (C=O) groups is 2. The van der Waals surface area contributed by atoms with Gasteiger partial charge in [0.2, 0.25) is 0 Å². The Morgan fingerprint density at radius 2 is 1.57 bits per heavy atom. The van der Waals surface area contributed by atoms with Crippen molar-refractivity contribution in [1.29, 1.82) is 0 Å². The largest absolute Gasteiger partial charge is 0.444 e. The second-order valence-corrected chi connectivity index (χ2v) is 9.44. The predicted octanol–water partition coefficient (Wildman–Crippen LogP) is 4.55. The van der Waals surface area contributed by atoms with Gasteiger partial charge in [0, 0.05) is 6.42 Å². The fourth-order valence-electron chi connectivity index (χ4n) is 3.08. The molecule has 30 heavy (non-hydrogen) atoms. The lowest BCUT2D eigenvalue weighted by Crippen LogP contribution is -2.60. The molecule has 0 aromatic rings. The molecule has 0 fully saturated rings. The monoisotopic (exact) mass is 423 g/mol. The summed E-state index contributed by atoms with van der Waals surface area (Å²) in [5.41, 5.74) is -0.874. The Labute approximate surface area is 180 Å². The van der Waals surface area contributed by atoms with E-state index in [1.54, 1.807) is 47.6 Å². The van der Waals surface area contributed by atoms with Gasteiger partial charge in [-0.05, 0) is 54.4 Å². The zero-order chi connectivity index (χ0) is 23.1. The average molecular weight is 424 g/mol. The zero-order valence-corrected chi connectivity index (χ0v) is 19.5. The number of nitrogens with zero attached hydrogens (tertiary/aromatic N) is 1. The van der Waals surface area contributed by atoms with E-state index in [0.29, 0.717) is 5.70 Å². The van der Waals surface area contributed by atoms with Crippen LogP contribution in [0.5, 0.6) is 0 Å². The number of nitrogens with one attached hydrogen (secondary N) is 2. The van der Waals surface area contributed by atoms with Crippen LogP contribution in [0.4, 0.5) is 9.59 Å². The fraction of sp³-hybridized carbons (Fsp3) is 0.773. The molecule has 0 unspecified atom stereocenters. The van der Waals surface area contributed by atoms with Gasteiger partial charge in [-0.15, -0.1) is 0 Å². The van der Waals surface area contributed by atoms with E-state index < -0.39 is 41.6 Å². The van der Waals surface area contributed by atoms with Crippen LogP contribution in [0.2, 0.25) is 0 Å². The smallest absolute Gasteiger partial charge is 0.408 e. The van der Waals surface area contributed by atoms with E-state index in [1.165, 1.54) is 0 Å². The average Bonchev–Trinajstić information content (AvgIpc) is 2.58. The van der Waals surface area contributed by atoms with Crippen molar-refractivity contribution in [1.82, 2.24) is 10.6 Å². The van der Waals surface area contributed by atoms with Crippen LogP contribution >= 0.6 is 0 Å². The Morgan fingerprint density at radius 1 is 1.07 bits per heavy atom. The summed E-state index contributed by atoms with van der Waals surface area (Å²) < 4.78 is 17.0. The molecule has 0 aliphatic heterocycles. The molecule has 1 rings (SSSR count). The third-order valence-corrected chi connectivity index (χ3v) is 4.36. The van der Waals surface area contributed by atoms with Crippen LogP contribution in [0.1, 0.15) is 74.7 Å². The highest BCUT2D eigenvalue weighted by molar-refractivity contribution is 5.70. The molecule has 2 N–H and O–H groups in total. The SMILES string of the molecule is [C-]#[N+]C1=C[C@@H](OC(CC)CC)[C@H](NC(=O)OC(C)(C)C)[C@@H](NC(=O)OC(C)(C)C)C1. The Hall–Kier alpha value is -2.27. The molecule has 0 aromatic carbocycles. The molecule has 0 aromatic heterocycles. The van der Waals surface area contributed by atoms with Crippen molar-refractivity contribution in [2.45, 2.75) is 110 Å². The molecule has 0 heterocycles. The first-order valence-electron chi connectivity index (χ1n) is 10.5. The number of amides is 2. The van der Waals surface area contributed by atoms with Crippen LogP contribution in [0.25, 0.3) is 4.85 Å². The first-order chi connectivity index (χ1) is 13.8.